The molecule has 0 N–H and O–H groups in total. The summed E-state index contributed by atoms with van der Waals surface area (Å²) in [6.07, 6.45) is 4.97. The van der Waals surface area contributed by atoms with Crippen molar-refractivity contribution in [2.45, 2.75) is 59.1 Å². The maximum Gasteiger partial charge on any atom is 0.410 e. The molecule has 0 spiro atoms. The van der Waals surface area contributed by atoms with Crippen LogP contribution in [0.25, 0.3) is 0 Å². The molecule has 1 heterocycles. The van der Waals surface area contributed by atoms with E-state index in [0.717, 1.165) is 12.8 Å². The predicted molar refractivity (Wildman–Crippen MR) is 74.9 cm³/mol. The number of hydrogen-bond donors (Lipinski definition) is 0. The number of ether oxygens (including phenoxy) is 1. The molecule has 0 aliphatic carbocycles. The third-order valence-electron chi connectivity index (χ3n) is 2.98. The highest BCUT2D eigenvalue weighted by atomic mass is 16.6. The molecule has 4 heteroatoms. The molecular weight excluding hydrogens is 242 g/mol. The molecule has 0 aromatic heterocycles. The van der Waals surface area contributed by atoms with Crippen LogP contribution >= 0.6 is 0 Å². The minimum Gasteiger partial charge on any atom is -0.444 e. The van der Waals surface area contributed by atoms with Crippen LogP contribution in [-0.4, -0.2) is 35.0 Å². The van der Waals surface area contributed by atoms with Crippen molar-refractivity contribution < 1.29 is 14.3 Å². The number of amides is 1. The zero-order valence-electron chi connectivity index (χ0n) is 12.6. The van der Waals surface area contributed by atoms with E-state index in [-0.39, 0.29) is 23.8 Å². The molecule has 1 fully saturated rings. The van der Waals surface area contributed by atoms with Gasteiger partial charge >= 0.3 is 6.09 Å². The van der Waals surface area contributed by atoms with E-state index >= 15 is 0 Å². The highest BCUT2D eigenvalue weighted by Crippen LogP contribution is 2.21. The van der Waals surface area contributed by atoms with E-state index in [4.69, 9.17) is 4.74 Å². The van der Waals surface area contributed by atoms with E-state index in [0.29, 0.717) is 6.54 Å². The van der Waals surface area contributed by atoms with Crippen LogP contribution in [0.4, 0.5) is 4.79 Å². The van der Waals surface area contributed by atoms with Crippen molar-refractivity contribution in [2.24, 2.45) is 5.92 Å². The zero-order valence-corrected chi connectivity index (χ0v) is 12.6. The van der Waals surface area contributed by atoms with Gasteiger partial charge < -0.3 is 9.64 Å². The maximum absolute atomic E-state index is 12.0. The molecule has 1 amide bonds. The standard InChI is InChI=1S/C15H25NO3/c1-11(2)13(17)9-8-12-7-6-10-16(12)14(18)19-15(3,4)5/h8-9,11-12H,6-7,10H2,1-5H3/b9-8+/t12-/m1/s1. The lowest BCUT2D eigenvalue weighted by Crippen LogP contribution is -2.39. The van der Waals surface area contributed by atoms with Gasteiger partial charge in [0, 0.05) is 12.5 Å². The molecule has 1 atom stereocenters. The number of allylic oxidation sites excluding steroid dienone is 1. The lowest BCUT2D eigenvalue weighted by Gasteiger charge is -2.27. The second kappa shape index (κ2) is 6.22. The molecule has 0 unspecified atom stereocenters. The molecule has 0 aromatic carbocycles. The monoisotopic (exact) mass is 267 g/mol. The lowest BCUT2D eigenvalue weighted by atomic mass is 10.1. The second-order valence-electron chi connectivity index (χ2n) is 6.30. The summed E-state index contributed by atoms with van der Waals surface area (Å²) in [4.78, 5) is 25.3. The van der Waals surface area contributed by atoms with E-state index in [1.165, 1.54) is 0 Å². The van der Waals surface area contributed by atoms with Gasteiger partial charge in [0.15, 0.2) is 5.78 Å². The van der Waals surface area contributed by atoms with Gasteiger partial charge in [-0.15, -0.1) is 0 Å². The SMILES string of the molecule is CC(C)C(=O)/C=C/[C@H]1CCCN1C(=O)OC(C)(C)C. The van der Waals surface area contributed by atoms with Crippen molar-refractivity contribution in [1.29, 1.82) is 0 Å². The highest BCUT2D eigenvalue weighted by Gasteiger charge is 2.30. The van der Waals surface area contributed by atoms with E-state index in [2.05, 4.69) is 0 Å². The predicted octanol–water partition coefficient (Wildman–Crippen LogP) is 3.17. The fourth-order valence-electron chi connectivity index (χ4n) is 1.94. The van der Waals surface area contributed by atoms with Gasteiger partial charge in [-0.3, -0.25) is 4.79 Å². The van der Waals surface area contributed by atoms with Crippen molar-refractivity contribution in [1.82, 2.24) is 4.90 Å². The third kappa shape index (κ3) is 5.05. The molecule has 1 saturated heterocycles. The Morgan fingerprint density at radius 1 is 1.32 bits per heavy atom. The first-order valence-electron chi connectivity index (χ1n) is 6.92. The number of carbonyl (C=O) groups excluding carboxylic acids is 2. The summed E-state index contributed by atoms with van der Waals surface area (Å²) in [6, 6.07) is -0.0162. The molecule has 19 heavy (non-hydrogen) atoms. The third-order valence-corrected chi connectivity index (χ3v) is 2.98. The van der Waals surface area contributed by atoms with Gasteiger partial charge in [0.1, 0.15) is 5.60 Å². The summed E-state index contributed by atoms with van der Waals surface area (Å²) in [5.41, 5.74) is -0.484. The fourth-order valence-corrected chi connectivity index (χ4v) is 1.94. The first-order chi connectivity index (χ1) is 8.70. The molecule has 1 aliphatic heterocycles. The molecule has 0 radical (unpaired) electrons. The molecule has 4 nitrogen and oxygen atoms in total. The summed E-state index contributed by atoms with van der Waals surface area (Å²) in [5.74, 6) is 0.0867. The average Bonchev–Trinajstić information content (AvgIpc) is 2.71. The van der Waals surface area contributed by atoms with Crippen LogP contribution in [0.15, 0.2) is 12.2 Å². The largest absolute Gasteiger partial charge is 0.444 e. The fraction of sp³-hybridized carbons (Fsp3) is 0.733. The first kappa shape index (κ1) is 15.7. The van der Waals surface area contributed by atoms with Gasteiger partial charge in [0.2, 0.25) is 0 Å². The van der Waals surface area contributed by atoms with Gasteiger partial charge in [-0.1, -0.05) is 19.9 Å². The Balaban J connectivity index is 2.64. The van der Waals surface area contributed by atoms with Gasteiger partial charge in [-0.05, 0) is 39.7 Å². The topological polar surface area (TPSA) is 46.6 Å². The molecule has 0 bridgehead atoms. The maximum atomic E-state index is 12.0. The first-order valence-corrected chi connectivity index (χ1v) is 6.92. The van der Waals surface area contributed by atoms with Crippen LogP contribution in [0.1, 0.15) is 47.5 Å². The summed E-state index contributed by atoms with van der Waals surface area (Å²) in [7, 11) is 0. The molecule has 0 saturated carbocycles. The summed E-state index contributed by atoms with van der Waals surface area (Å²) < 4.78 is 5.37. The van der Waals surface area contributed by atoms with Crippen LogP contribution in [0.2, 0.25) is 0 Å². The van der Waals surface area contributed by atoms with Gasteiger partial charge in [0.25, 0.3) is 0 Å². The number of likely N-dealkylation sites (tertiary alicyclic amines) is 1. The minimum absolute atomic E-state index is 0.00682. The van der Waals surface area contributed by atoms with Crippen molar-refractivity contribution in [3.05, 3.63) is 12.2 Å². The molecular formula is C15H25NO3. The Morgan fingerprint density at radius 2 is 1.95 bits per heavy atom. The molecule has 108 valence electrons. The molecule has 0 aromatic rings. The summed E-state index contributed by atoms with van der Waals surface area (Å²) in [6.45, 7) is 10.00. The summed E-state index contributed by atoms with van der Waals surface area (Å²) in [5, 5.41) is 0. The number of rotatable bonds is 3. The normalized spacial score (nSPS) is 20.3. The van der Waals surface area contributed by atoms with Crippen molar-refractivity contribution in [3.8, 4) is 0 Å². The van der Waals surface area contributed by atoms with Crippen LogP contribution < -0.4 is 0 Å². The molecule has 1 aliphatic rings. The number of nitrogens with zero attached hydrogens (tertiary/aromatic N) is 1. The quantitative estimate of drug-likeness (QED) is 0.738. The molecule has 1 rings (SSSR count). The number of hydrogen-bond acceptors (Lipinski definition) is 3. The number of ketones is 1. The van der Waals surface area contributed by atoms with Crippen molar-refractivity contribution in [2.75, 3.05) is 6.54 Å². The Bertz CT molecular complexity index is 366. The van der Waals surface area contributed by atoms with Gasteiger partial charge in [0.05, 0.1) is 6.04 Å². The highest BCUT2D eigenvalue weighted by molar-refractivity contribution is 5.91. The van der Waals surface area contributed by atoms with Gasteiger partial charge in [-0.2, -0.15) is 0 Å². The number of carbonyl (C=O) groups is 2. The van der Waals surface area contributed by atoms with E-state index < -0.39 is 5.60 Å². The van der Waals surface area contributed by atoms with Crippen LogP contribution in [0, 0.1) is 5.92 Å². The smallest absolute Gasteiger partial charge is 0.410 e. The van der Waals surface area contributed by atoms with Crippen LogP contribution in [0.5, 0.6) is 0 Å². The van der Waals surface area contributed by atoms with E-state index in [1.807, 2.05) is 40.7 Å². The van der Waals surface area contributed by atoms with Crippen molar-refractivity contribution in [3.63, 3.8) is 0 Å². The Labute approximate surface area is 115 Å². The minimum atomic E-state index is -0.484. The second-order valence-corrected chi connectivity index (χ2v) is 6.30. The van der Waals surface area contributed by atoms with Crippen LogP contribution in [-0.2, 0) is 9.53 Å². The zero-order chi connectivity index (χ0) is 14.6. The van der Waals surface area contributed by atoms with Crippen LogP contribution in [0.3, 0.4) is 0 Å². The van der Waals surface area contributed by atoms with Gasteiger partial charge in [-0.25, -0.2) is 4.79 Å². The Hall–Kier alpha value is -1.32. The average molecular weight is 267 g/mol. The Kier molecular flexibility index (Phi) is 5.15. The lowest BCUT2D eigenvalue weighted by molar-refractivity contribution is -0.117. The van der Waals surface area contributed by atoms with E-state index in [9.17, 15) is 9.59 Å². The van der Waals surface area contributed by atoms with Crippen molar-refractivity contribution >= 4 is 11.9 Å². The Morgan fingerprint density at radius 3 is 2.47 bits per heavy atom. The van der Waals surface area contributed by atoms with E-state index in [1.54, 1.807) is 11.0 Å². The summed E-state index contributed by atoms with van der Waals surface area (Å²) >= 11 is 0.